The Bertz CT molecular complexity index is 531. The third-order valence-electron chi connectivity index (χ3n) is 2.09. The van der Waals surface area contributed by atoms with Gasteiger partial charge in [-0.05, 0) is 18.2 Å². The van der Waals surface area contributed by atoms with Crippen LogP contribution in [0.25, 0.3) is 11.0 Å². The van der Waals surface area contributed by atoms with Crippen molar-refractivity contribution in [3.8, 4) is 11.8 Å². The molecule has 2 rings (SSSR count). The molecule has 0 aliphatic carbocycles. The molecule has 0 bridgehead atoms. The Morgan fingerprint density at radius 1 is 1.40 bits per heavy atom. The number of hydrogen-bond acceptors (Lipinski definition) is 3. The predicted molar refractivity (Wildman–Crippen MR) is 59.4 cm³/mol. The molecule has 1 aromatic carbocycles. The van der Waals surface area contributed by atoms with Crippen LogP contribution in [0.15, 0.2) is 28.9 Å². The number of furan rings is 1. The molecule has 2 aromatic rings. The molecule has 2 N–H and O–H groups in total. The fraction of sp³-hybridized carbons (Fsp3) is 0.167. The normalized spacial score (nSPS) is 9.93. The quantitative estimate of drug-likeness (QED) is 0.567. The van der Waals surface area contributed by atoms with Crippen molar-refractivity contribution < 1.29 is 9.15 Å². The number of methoxy groups -OCH3 is 1. The number of nitrogen functional groups attached to an aromatic ring is 1. The van der Waals surface area contributed by atoms with Gasteiger partial charge in [-0.1, -0.05) is 11.8 Å². The average molecular weight is 201 g/mol. The van der Waals surface area contributed by atoms with Gasteiger partial charge in [-0.15, -0.1) is 0 Å². The van der Waals surface area contributed by atoms with Gasteiger partial charge in [0.1, 0.15) is 6.61 Å². The van der Waals surface area contributed by atoms with Gasteiger partial charge in [-0.3, -0.25) is 0 Å². The predicted octanol–water partition coefficient (Wildman–Crippen LogP) is 2.01. The van der Waals surface area contributed by atoms with Crippen molar-refractivity contribution >= 4 is 16.7 Å². The largest absolute Gasteiger partial charge is 0.462 e. The molecule has 0 atom stereocenters. The lowest BCUT2D eigenvalue weighted by Gasteiger charge is -1.96. The molecule has 0 aliphatic heterocycles. The van der Waals surface area contributed by atoms with E-state index in [2.05, 4.69) is 11.8 Å². The van der Waals surface area contributed by atoms with Crippen LogP contribution in [-0.2, 0) is 4.74 Å². The van der Waals surface area contributed by atoms with Crippen LogP contribution in [0, 0.1) is 11.8 Å². The molecule has 0 aliphatic rings. The maximum absolute atomic E-state index is 5.76. The highest BCUT2D eigenvalue weighted by atomic mass is 16.5. The number of fused-ring (bicyclic) bond motifs is 1. The minimum atomic E-state index is 0.420. The fourth-order valence-electron chi connectivity index (χ4n) is 1.40. The molecule has 76 valence electrons. The van der Waals surface area contributed by atoms with Crippen LogP contribution >= 0.6 is 0 Å². The summed E-state index contributed by atoms with van der Waals surface area (Å²) in [5.41, 5.74) is 7.99. The van der Waals surface area contributed by atoms with E-state index in [1.165, 1.54) is 0 Å². The first-order chi connectivity index (χ1) is 7.33. The molecule has 0 saturated heterocycles. The van der Waals surface area contributed by atoms with Gasteiger partial charge in [-0.25, -0.2) is 0 Å². The van der Waals surface area contributed by atoms with Crippen molar-refractivity contribution in [3.63, 3.8) is 0 Å². The molecule has 0 fully saturated rings. The van der Waals surface area contributed by atoms with E-state index in [9.17, 15) is 0 Å². The van der Waals surface area contributed by atoms with E-state index in [1.807, 2.05) is 12.1 Å². The van der Waals surface area contributed by atoms with Gasteiger partial charge in [0.2, 0.25) is 0 Å². The highest BCUT2D eigenvalue weighted by Gasteiger charge is 2.04. The summed E-state index contributed by atoms with van der Waals surface area (Å²) >= 11 is 0. The smallest absolute Gasteiger partial charge is 0.157 e. The maximum atomic E-state index is 5.76. The van der Waals surface area contributed by atoms with Crippen molar-refractivity contribution in [1.29, 1.82) is 0 Å². The zero-order valence-corrected chi connectivity index (χ0v) is 8.41. The molecule has 3 nitrogen and oxygen atoms in total. The van der Waals surface area contributed by atoms with E-state index in [0.717, 1.165) is 10.9 Å². The van der Waals surface area contributed by atoms with Crippen molar-refractivity contribution in [2.24, 2.45) is 0 Å². The number of nitrogens with two attached hydrogens (primary N) is 1. The van der Waals surface area contributed by atoms with E-state index < -0.39 is 0 Å². The molecule has 1 heterocycles. The van der Waals surface area contributed by atoms with Crippen LogP contribution in [0.5, 0.6) is 0 Å². The van der Waals surface area contributed by atoms with Gasteiger partial charge < -0.3 is 14.9 Å². The van der Waals surface area contributed by atoms with Crippen LogP contribution in [0.3, 0.4) is 0 Å². The molecule has 15 heavy (non-hydrogen) atoms. The SMILES string of the molecule is COCC#Cc1ccc(N)c2occc12. The second-order valence-corrected chi connectivity index (χ2v) is 3.10. The first-order valence-corrected chi connectivity index (χ1v) is 4.56. The third kappa shape index (κ3) is 1.80. The lowest BCUT2D eigenvalue weighted by atomic mass is 10.1. The first-order valence-electron chi connectivity index (χ1n) is 4.56. The summed E-state index contributed by atoms with van der Waals surface area (Å²) in [6, 6.07) is 5.54. The van der Waals surface area contributed by atoms with E-state index in [-0.39, 0.29) is 0 Å². The van der Waals surface area contributed by atoms with Crippen molar-refractivity contribution in [1.82, 2.24) is 0 Å². The molecule has 1 aromatic heterocycles. The third-order valence-corrected chi connectivity index (χ3v) is 2.09. The zero-order valence-electron chi connectivity index (χ0n) is 8.41. The van der Waals surface area contributed by atoms with E-state index in [1.54, 1.807) is 19.4 Å². The Labute approximate surface area is 87.8 Å². The van der Waals surface area contributed by atoms with Gasteiger partial charge >= 0.3 is 0 Å². The molecule has 0 amide bonds. The highest BCUT2D eigenvalue weighted by Crippen LogP contribution is 2.24. The summed E-state index contributed by atoms with van der Waals surface area (Å²) in [6.45, 7) is 0.420. The average Bonchev–Trinajstić information content (AvgIpc) is 2.71. The second kappa shape index (κ2) is 4.07. The van der Waals surface area contributed by atoms with Gasteiger partial charge in [0, 0.05) is 18.1 Å². The van der Waals surface area contributed by atoms with E-state index in [4.69, 9.17) is 14.9 Å². The van der Waals surface area contributed by atoms with E-state index in [0.29, 0.717) is 17.9 Å². The van der Waals surface area contributed by atoms with Crippen molar-refractivity contribution in [3.05, 3.63) is 30.0 Å². The van der Waals surface area contributed by atoms with Crippen LogP contribution in [0.2, 0.25) is 0 Å². The van der Waals surface area contributed by atoms with Gasteiger partial charge in [-0.2, -0.15) is 0 Å². The Morgan fingerprint density at radius 2 is 2.27 bits per heavy atom. The standard InChI is InChI=1S/C12H11NO2/c1-14-7-2-3-9-4-5-11(13)12-10(9)6-8-15-12/h4-6,8H,7,13H2,1H3. The molecule has 3 heteroatoms. The monoisotopic (exact) mass is 201 g/mol. The lowest BCUT2D eigenvalue weighted by Crippen LogP contribution is -1.87. The first kappa shape index (κ1) is 9.63. The van der Waals surface area contributed by atoms with Crippen molar-refractivity contribution in [2.75, 3.05) is 19.5 Å². The second-order valence-electron chi connectivity index (χ2n) is 3.10. The summed E-state index contributed by atoms with van der Waals surface area (Å²) < 4.78 is 10.1. The molecule has 0 radical (unpaired) electrons. The minimum Gasteiger partial charge on any atom is -0.462 e. The Balaban J connectivity index is 2.49. The fourth-order valence-corrected chi connectivity index (χ4v) is 1.40. The molecule has 0 spiro atoms. The van der Waals surface area contributed by atoms with Crippen molar-refractivity contribution in [2.45, 2.75) is 0 Å². The number of rotatable bonds is 1. The topological polar surface area (TPSA) is 48.4 Å². The summed E-state index contributed by atoms with van der Waals surface area (Å²) in [7, 11) is 1.62. The zero-order chi connectivity index (χ0) is 10.7. The number of ether oxygens (including phenoxy) is 1. The molecular formula is C12H11NO2. The molecule has 0 unspecified atom stereocenters. The van der Waals surface area contributed by atoms with Gasteiger partial charge in [0.25, 0.3) is 0 Å². The van der Waals surface area contributed by atoms with Crippen LogP contribution in [0.1, 0.15) is 5.56 Å². The Morgan fingerprint density at radius 3 is 3.07 bits per heavy atom. The van der Waals surface area contributed by atoms with Gasteiger partial charge in [0.05, 0.1) is 12.0 Å². The van der Waals surface area contributed by atoms with Gasteiger partial charge in [0.15, 0.2) is 5.58 Å². The molecular weight excluding hydrogens is 190 g/mol. The van der Waals surface area contributed by atoms with E-state index >= 15 is 0 Å². The summed E-state index contributed by atoms with van der Waals surface area (Å²) in [5, 5.41) is 0.943. The highest BCUT2D eigenvalue weighted by molar-refractivity contribution is 5.92. The summed E-state index contributed by atoms with van der Waals surface area (Å²) in [5.74, 6) is 5.91. The number of hydrogen-bond donors (Lipinski definition) is 1. The summed E-state index contributed by atoms with van der Waals surface area (Å²) in [4.78, 5) is 0. The van der Waals surface area contributed by atoms with Crippen LogP contribution in [0.4, 0.5) is 5.69 Å². The number of anilines is 1. The maximum Gasteiger partial charge on any atom is 0.157 e. The number of benzene rings is 1. The van der Waals surface area contributed by atoms with Crippen LogP contribution < -0.4 is 5.73 Å². The van der Waals surface area contributed by atoms with Crippen LogP contribution in [-0.4, -0.2) is 13.7 Å². The lowest BCUT2D eigenvalue weighted by molar-refractivity contribution is 0.240. The summed E-state index contributed by atoms with van der Waals surface area (Å²) in [6.07, 6.45) is 1.61. The molecule has 0 saturated carbocycles. The Kier molecular flexibility index (Phi) is 2.61. The Hall–Kier alpha value is -1.92. The minimum absolute atomic E-state index is 0.420.